The van der Waals surface area contributed by atoms with Gasteiger partial charge >= 0.3 is 0 Å². The molecule has 1 aromatic heterocycles. The Kier molecular flexibility index (Phi) is 4.34. The van der Waals surface area contributed by atoms with Gasteiger partial charge in [-0.05, 0) is 24.5 Å². The number of nitrogens with one attached hydrogen (secondary N) is 1. The average Bonchev–Trinajstić information content (AvgIpc) is 3.04. The van der Waals surface area contributed by atoms with Crippen molar-refractivity contribution in [2.45, 2.75) is 25.7 Å². The van der Waals surface area contributed by atoms with E-state index in [0.717, 1.165) is 37.8 Å². The van der Waals surface area contributed by atoms with Gasteiger partial charge in [0.1, 0.15) is 5.82 Å². The summed E-state index contributed by atoms with van der Waals surface area (Å²) in [7, 11) is 0. The zero-order valence-corrected chi connectivity index (χ0v) is 12.5. The monoisotopic (exact) mass is 282 g/mol. The second kappa shape index (κ2) is 6.57. The molecule has 1 aliphatic heterocycles. The van der Waals surface area contributed by atoms with Crippen molar-refractivity contribution in [3.63, 3.8) is 0 Å². The molecule has 1 aromatic carbocycles. The van der Waals surface area contributed by atoms with Crippen molar-refractivity contribution >= 4 is 11.8 Å². The van der Waals surface area contributed by atoms with E-state index in [4.69, 9.17) is 0 Å². The van der Waals surface area contributed by atoms with Crippen LogP contribution in [0.5, 0.6) is 0 Å². The van der Waals surface area contributed by atoms with Gasteiger partial charge in [-0.15, -0.1) is 0 Å². The molecular weight excluding hydrogens is 260 g/mol. The Morgan fingerprint density at radius 3 is 2.90 bits per heavy atom. The largest absolute Gasteiger partial charge is 0.356 e. The highest BCUT2D eigenvalue weighted by Crippen LogP contribution is 2.29. The predicted octanol–water partition coefficient (Wildman–Crippen LogP) is 3.29. The molecule has 21 heavy (non-hydrogen) atoms. The summed E-state index contributed by atoms with van der Waals surface area (Å²) in [4.78, 5) is 11.3. The summed E-state index contributed by atoms with van der Waals surface area (Å²) in [5.74, 6) is 2.37. The summed E-state index contributed by atoms with van der Waals surface area (Å²) in [5, 5.41) is 3.25. The molecule has 1 saturated heterocycles. The minimum Gasteiger partial charge on any atom is -0.356 e. The molecule has 1 aliphatic rings. The number of rotatable bonds is 5. The normalized spacial score (nSPS) is 18.0. The third kappa shape index (κ3) is 3.32. The van der Waals surface area contributed by atoms with Crippen molar-refractivity contribution in [3.8, 4) is 0 Å². The van der Waals surface area contributed by atoms with Crippen LogP contribution < -0.4 is 10.2 Å². The predicted molar refractivity (Wildman–Crippen MR) is 86.8 cm³/mol. The van der Waals surface area contributed by atoms with E-state index in [1.807, 2.05) is 12.3 Å². The van der Waals surface area contributed by atoms with Crippen LogP contribution in [0.1, 0.15) is 31.2 Å². The topological polar surface area (TPSA) is 41.1 Å². The first kappa shape index (κ1) is 13.9. The number of hydrogen-bond donors (Lipinski definition) is 1. The van der Waals surface area contributed by atoms with Crippen molar-refractivity contribution in [2.24, 2.45) is 0 Å². The lowest BCUT2D eigenvalue weighted by Gasteiger charge is -2.18. The van der Waals surface area contributed by atoms with Gasteiger partial charge in [-0.2, -0.15) is 4.98 Å². The maximum atomic E-state index is 4.62. The molecule has 1 atom stereocenters. The van der Waals surface area contributed by atoms with Crippen LogP contribution in [0.15, 0.2) is 42.6 Å². The van der Waals surface area contributed by atoms with E-state index in [2.05, 4.69) is 57.4 Å². The molecule has 0 spiro atoms. The summed E-state index contributed by atoms with van der Waals surface area (Å²) >= 11 is 0. The number of nitrogens with zero attached hydrogens (tertiary/aromatic N) is 3. The Labute approximate surface area is 126 Å². The van der Waals surface area contributed by atoms with E-state index in [-0.39, 0.29) is 0 Å². The molecule has 3 rings (SSSR count). The first-order valence-electron chi connectivity index (χ1n) is 7.73. The fraction of sp³-hybridized carbons (Fsp3) is 0.412. The van der Waals surface area contributed by atoms with Gasteiger partial charge in [0.05, 0.1) is 0 Å². The van der Waals surface area contributed by atoms with Crippen molar-refractivity contribution in [3.05, 3.63) is 48.2 Å². The number of anilines is 2. The van der Waals surface area contributed by atoms with Crippen LogP contribution in [0.3, 0.4) is 0 Å². The van der Waals surface area contributed by atoms with E-state index in [0.29, 0.717) is 5.92 Å². The highest BCUT2D eigenvalue weighted by molar-refractivity contribution is 5.44. The maximum Gasteiger partial charge on any atom is 0.224 e. The highest BCUT2D eigenvalue weighted by atomic mass is 15.2. The van der Waals surface area contributed by atoms with Gasteiger partial charge in [-0.1, -0.05) is 37.3 Å². The fourth-order valence-electron chi connectivity index (χ4n) is 2.81. The summed E-state index contributed by atoms with van der Waals surface area (Å²) < 4.78 is 0. The molecule has 0 amide bonds. The summed E-state index contributed by atoms with van der Waals surface area (Å²) in [6.07, 6.45) is 4.11. The van der Waals surface area contributed by atoms with Crippen molar-refractivity contribution < 1.29 is 0 Å². The smallest absolute Gasteiger partial charge is 0.224 e. The lowest BCUT2D eigenvalue weighted by molar-refractivity contribution is 0.774. The average molecular weight is 282 g/mol. The SMILES string of the molecule is CCCNc1nccc(N2CCC(c3ccccc3)C2)n1. The van der Waals surface area contributed by atoms with E-state index >= 15 is 0 Å². The van der Waals surface area contributed by atoms with Gasteiger partial charge in [0.2, 0.25) is 5.95 Å². The Balaban J connectivity index is 1.68. The van der Waals surface area contributed by atoms with Crippen LogP contribution in [0.4, 0.5) is 11.8 Å². The molecule has 1 N–H and O–H groups in total. The second-order valence-corrected chi connectivity index (χ2v) is 5.51. The van der Waals surface area contributed by atoms with Crippen molar-refractivity contribution in [1.29, 1.82) is 0 Å². The van der Waals surface area contributed by atoms with Crippen molar-refractivity contribution in [2.75, 3.05) is 29.9 Å². The highest BCUT2D eigenvalue weighted by Gasteiger charge is 2.24. The molecule has 0 radical (unpaired) electrons. The van der Waals surface area contributed by atoms with E-state index < -0.39 is 0 Å². The standard InChI is InChI=1S/C17H22N4/c1-2-10-18-17-19-11-8-16(20-17)21-12-9-15(13-21)14-6-4-3-5-7-14/h3-8,11,15H,2,9-10,12-13H2,1H3,(H,18,19,20). The molecule has 110 valence electrons. The summed E-state index contributed by atoms with van der Waals surface area (Å²) in [6.45, 7) is 5.15. The molecule has 4 nitrogen and oxygen atoms in total. The maximum absolute atomic E-state index is 4.62. The number of benzene rings is 1. The fourth-order valence-corrected chi connectivity index (χ4v) is 2.81. The van der Waals surface area contributed by atoms with Gasteiger partial charge in [0, 0.05) is 31.7 Å². The van der Waals surface area contributed by atoms with Gasteiger partial charge in [-0.3, -0.25) is 0 Å². The molecule has 0 aliphatic carbocycles. The van der Waals surface area contributed by atoms with E-state index in [1.165, 1.54) is 12.0 Å². The van der Waals surface area contributed by atoms with E-state index in [1.54, 1.807) is 0 Å². The van der Waals surface area contributed by atoms with Gasteiger partial charge in [0.25, 0.3) is 0 Å². The zero-order valence-electron chi connectivity index (χ0n) is 12.5. The second-order valence-electron chi connectivity index (χ2n) is 5.51. The van der Waals surface area contributed by atoms with Crippen molar-refractivity contribution in [1.82, 2.24) is 9.97 Å². The Morgan fingerprint density at radius 2 is 2.10 bits per heavy atom. The minimum absolute atomic E-state index is 0.605. The van der Waals surface area contributed by atoms with Crippen LogP contribution in [0.25, 0.3) is 0 Å². The lowest BCUT2D eigenvalue weighted by Crippen LogP contribution is -2.21. The quantitative estimate of drug-likeness (QED) is 0.913. The third-order valence-corrected chi connectivity index (χ3v) is 3.96. The third-order valence-electron chi connectivity index (χ3n) is 3.96. The van der Waals surface area contributed by atoms with Crippen LogP contribution in [-0.4, -0.2) is 29.6 Å². The Morgan fingerprint density at radius 1 is 1.24 bits per heavy atom. The summed E-state index contributed by atoms with van der Waals surface area (Å²) in [6, 6.07) is 12.8. The van der Waals surface area contributed by atoms with Gasteiger partial charge in [0.15, 0.2) is 0 Å². The van der Waals surface area contributed by atoms with Gasteiger partial charge < -0.3 is 10.2 Å². The molecule has 1 fully saturated rings. The van der Waals surface area contributed by atoms with Crippen LogP contribution in [0, 0.1) is 0 Å². The molecule has 1 unspecified atom stereocenters. The molecule has 0 bridgehead atoms. The number of hydrogen-bond acceptors (Lipinski definition) is 4. The van der Waals surface area contributed by atoms with Crippen LogP contribution >= 0.6 is 0 Å². The molecule has 2 heterocycles. The molecule has 2 aromatic rings. The van der Waals surface area contributed by atoms with Crippen LogP contribution in [0.2, 0.25) is 0 Å². The molecule has 0 saturated carbocycles. The van der Waals surface area contributed by atoms with Gasteiger partial charge in [-0.25, -0.2) is 4.98 Å². The number of aromatic nitrogens is 2. The Hall–Kier alpha value is -2.10. The van der Waals surface area contributed by atoms with Crippen LogP contribution in [-0.2, 0) is 0 Å². The first-order chi connectivity index (χ1) is 10.4. The molecular formula is C17H22N4. The summed E-state index contributed by atoms with van der Waals surface area (Å²) in [5.41, 5.74) is 1.43. The lowest BCUT2D eigenvalue weighted by atomic mass is 9.99. The molecule has 4 heteroatoms. The zero-order chi connectivity index (χ0) is 14.5. The first-order valence-corrected chi connectivity index (χ1v) is 7.73. The Bertz CT molecular complexity index is 570. The minimum atomic E-state index is 0.605. The van der Waals surface area contributed by atoms with E-state index in [9.17, 15) is 0 Å².